The molecule has 19 heteroatoms. The number of thiazole rings is 1. The number of phenols is 1. The van der Waals surface area contributed by atoms with Crippen molar-refractivity contribution >= 4 is 56.5 Å². The number of piperazine rings is 1. The van der Waals surface area contributed by atoms with Crippen LogP contribution in [0.1, 0.15) is 120 Å². The Balaban J connectivity index is 0.691. The van der Waals surface area contributed by atoms with Gasteiger partial charge in [0.15, 0.2) is 17.4 Å². The van der Waals surface area contributed by atoms with Crippen molar-refractivity contribution in [3.05, 3.63) is 101 Å². The number of nitrogens with zero attached hydrogens (tertiary/aromatic N) is 10. The van der Waals surface area contributed by atoms with E-state index in [2.05, 4.69) is 42.0 Å². The Hall–Kier alpha value is -6.80. The summed E-state index contributed by atoms with van der Waals surface area (Å²) in [7, 11) is 0. The number of phenolic OH excluding ortho intramolecular Hbond substituents is 1. The summed E-state index contributed by atoms with van der Waals surface area (Å²) in [5, 5.41) is 31.6. The number of aliphatic hydroxyl groups is 1. The van der Waals surface area contributed by atoms with Crippen molar-refractivity contribution in [2.45, 2.75) is 135 Å². The predicted octanol–water partition coefficient (Wildman–Crippen LogP) is 9.83. The summed E-state index contributed by atoms with van der Waals surface area (Å²) >= 11 is 1.59. The molecule has 0 bridgehead atoms. The lowest BCUT2D eigenvalue weighted by atomic mass is 9.91. The largest absolute Gasteiger partial charge is 0.508 e. The Labute approximate surface area is 482 Å². The second-order valence-electron chi connectivity index (χ2n) is 23.9. The quantitative estimate of drug-likeness (QED) is 0.0828. The topological polar surface area (TPSA) is 190 Å². The minimum absolute atomic E-state index is 0.0473. The highest BCUT2D eigenvalue weighted by Gasteiger charge is 2.50. The Morgan fingerprint density at radius 3 is 2.46 bits per heavy atom. The number of hydrogen-bond acceptors (Lipinski definition) is 16. The number of β-amino-alcohol motifs (C(OH)–C–C–N with tert-alkyl or cyclic N) is 1. The Bertz CT molecular complexity index is 3450. The number of anilines is 2. The fourth-order valence-electron chi connectivity index (χ4n) is 13.9. The van der Waals surface area contributed by atoms with Crippen molar-refractivity contribution < 1.29 is 33.5 Å². The van der Waals surface area contributed by atoms with Gasteiger partial charge in [-0.05, 0) is 111 Å². The molecule has 0 saturated carbocycles. The SMILES string of the molecule is CCc1cccc2cc(O)cc(-c3ncc4c(N5CCCCCC5)nc(OC[C@]56CCCN5[C@@H](CN5CCN(c7cc([C@@H](C(=O)N8C[C@H](O)C[C@H]8C(=O)N[C@@H](C)c8ccc(-c9scnc9C)cc8)C(C)C)on7)CC5)CC6)nc4c3F)c12. The summed E-state index contributed by atoms with van der Waals surface area (Å²) in [6.07, 6.45) is 10.2. The Kier molecular flexibility index (Phi) is 15.9. The van der Waals surface area contributed by atoms with Gasteiger partial charge in [-0.1, -0.05) is 81.2 Å². The van der Waals surface area contributed by atoms with Gasteiger partial charge >= 0.3 is 6.01 Å². The van der Waals surface area contributed by atoms with Gasteiger partial charge < -0.3 is 39.5 Å². The van der Waals surface area contributed by atoms with E-state index in [0.717, 1.165) is 148 Å². The number of rotatable bonds is 16. The van der Waals surface area contributed by atoms with Crippen LogP contribution in [0.4, 0.5) is 16.0 Å². The van der Waals surface area contributed by atoms with E-state index in [1.807, 2.05) is 81.7 Å². The number of carbonyl (C=O) groups is 2. The second kappa shape index (κ2) is 23.5. The molecule has 432 valence electrons. The molecule has 2 amide bonds. The minimum Gasteiger partial charge on any atom is -0.508 e. The zero-order valence-electron chi connectivity index (χ0n) is 47.8. The smallest absolute Gasteiger partial charge is 0.319 e. The molecule has 5 fully saturated rings. The van der Waals surface area contributed by atoms with Crippen LogP contribution in [0.2, 0.25) is 0 Å². The van der Waals surface area contributed by atoms with E-state index >= 15 is 4.39 Å². The summed E-state index contributed by atoms with van der Waals surface area (Å²) in [6, 6.07) is 18.6. The van der Waals surface area contributed by atoms with E-state index in [9.17, 15) is 19.8 Å². The maximum absolute atomic E-state index is 17.3. The highest BCUT2D eigenvalue weighted by molar-refractivity contribution is 7.13. The van der Waals surface area contributed by atoms with E-state index in [1.165, 1.54) is 4.90 Å². The molecule has 6 atom stereocenters. The monoisotopic (exact) mass is 1130 g/mol. The molecule has 17 nitrogen and oxygen atoms in total. The highest BCUT2D eigenvalue weighted by Crippen LogP contribution is 2.44. The molecule has 12 rings (SSSR count). The van der Waals surface area contributed by atoms with E-state index in [0.29, 0.717) is 41.0 Å². The zero-order valence-corrected chi connectivity index (χ0v) is 48.6. The number of fused-ring (bicyclic) bond motifs is 3. The van der Waals surface area contributed by atoms with Gasteiger partial charge in [0.05, 0.1) is 39.2 Å². The van der Waals surface area contributed by atoms with Gasteiger partial charge in [0, 0.05) is 82.6 Å². The van der Waals surface area contributed by atoms with E-state index in [4.69, 9.17) is 24.2 Å². The van der Waals surface area contributed by atoms with Crippen molar-refractivity contribution in [3.63, 3.8) is 0 Å². The maximum Gasteiger partial charge on any atom is 0.319 e. The lowest BCUT2D eigenvalue weighted by Crippen LogP contribution is -2.53. The number of amides is 2. The number of benzene rings is 3. The number of ether oxygens (including phenoxy) is 1. The van der Waals surface area contributed by atoms with E-state index in [1.54, 1.807) is 29.7 Å². The lowest BCUT2D eigenvalue weighted by Gasteiger charge is -2.39. The molecule has 0 spiro atoms. The summed E-state index contributed by atoms with van der Waals surface area (Å²) < 4.78 is 30.1. The van der Waals surface area contributed by atoms with Gasteiger partial charge in [0.25, 0.3) is 0 Å². The first-order chi connectivity index (χ1) is 39.7. The molecule has 3 N–H and O–H groups in total. The number of aromatic nitrogens is 5. The van der Waals surface area contributed by atoms with Crippen LogP contribution in [-0.4, -0.2) is 151 Å². The molecule has 4 aromatic heterocycles. The van der Waals surface area contributed by atoms with Crippen LogP contribution in [0.15, 0.2) is 76.9 Å². The molecular weight excluding hydrogens is 1060 g/mol. The number of aromatic hydroxyl groups is 1. The third-order valence-electron chi connectivity index (χ3n) is 18.3. The van der Waals surface area contributed by atoms with Gasteiger partial charge in [-0.25, -0.2) is 9.37 Å². The molecule has 5 aliphatic heterocycles. The Morgan fingerprint density at radius 2 is 1.72 bits per heavy atom. The number of carbonyl (C=O) groups excluding carboxylic acids is 2. The lowest BCUT2D eigenvalue weighted by molar-refractivity contribution is -0.141. The highest BCUT2D eigenvalue weighted by atomic mass is 32.1. The average Bonchev–Trinajstić information content (AvgIpc) is 3.78. The van der Waals surface area contributed by atoms with Crippen molar-refractivity contribution in [2.75, 3.05) is 75.3 Å². The van der Waals surface area contributed by atoms with Crippen molar-refractivity contribution in [1.29, 1.82) is 0 Å². The van der Waals surface area contributed by atoms with Gasteiger partial charge in [-0.15, -0.1) is 11.3 Å². The summed E-state index contributed by atoms with van der Waals surface area (Å²) in [5.74, 6) is -0.134. The molecule has 7 aromatic rings. The van der Waals surface area contributed by atoms with Gasteiger partial charge in [-0.3, -0.25) is 24.4 Å². The Morgan fingerprint density at radius 1 is 0.927 bits per heavy atom. The number of pyridine rings is 1. The first kappa shape index (κ1) is 55.7. The number of likely N-dealkylation sites (tertiary alicyclic amines) is 1. The summed E-state index contributed by atoms with van der Waals surface area (Å²) in [4.78, 5) is 59.8. The number of aryl methyl sites for hydroxylation is 2. The summed E-state index contributed by atoms with van der Waals surface area (Å²) in [6.45, 7) is 17.1. The molecule has 0 aliphatic carbocycles. The van der Waals surface area contributed by atoms with Gasteiger partial charge in [-0.2, -0.15) is 9.97 Å². The fourth-order valence-corrected chi connectivity index (χ4v) is 14.7. The van der Waals surface area contributed by atoms with Crippen molar-refractivity contribution in [3.8, 4) is 33.5 Å². The third kappa shape index (κ3) is 10.9. The third-order valence-corrected chi connectivity index (χ3v) is 19.3. The van der Waals surface area contributed by atoms with Crippen LogP contribution in [0.3, 0.4) is 0 Å². The molecule has 5 aliphatic rings. The zero-order chi connectivity index (χ0) is 56.8. The van der Waals surface area contributed by atoms with Crippen LogP contribution >= 0.6 is 11.3 Å². The second-order valence-corrected chi connectivity index (χ2v) is 24.7. The van der Waals surface area contributed by atoms with Crippen LogP contribution in [0.25, 0.3) is 43.4 Å². The summed E-state index contributed by atoms with van der Waals surface area (Å²) in [5.41, 5.74) is 6.53. The fraction of sp³-hybridized carbons (Fsp3) is 0.508. The first-order valence-corrected chi connectivity index (χ1v) is 30.6. The number of aliphatic hydroxyl groups excluding tert-OH is 1. The standard InChI is InChI=1S/C63H76FN11O6S/c1-6-41-13-11-14-44-29-46(76)30-48(54(41)44)56-55(64)57-49(33-65-56)59(73-22-9-7-8-10-23-73)69-62(68-57)80-36-63-20-12-24-75(63)45(19-21-63)34-71-25-27-72(28-26-71)52-32-51(81-70-52)53(38(2)3)61(79)74-35-47(77)31-50(74)60(78)67-39(4)42-15-17-43(18-16-42)58-40(5)66-37-82-58/h11,13-18,29-30,32-33,37-39,45,47,50,53,76-77H,6-10,12,19-28,31,34-36H2,1-5H3,(H,67,78)/t39-,45+,47+,50-,53-,63+/m0/s1. The van der Waals surface area contributed by atoms with Crippen molar-refractivity contribution in [2.24, 2.45) is 5.92 Å². The first-order valence-electron chi connectivity index (χ1n) is 29.7. The van der Waals surface area contributed by atoms with Crippen LogP contribution in [0.5, 0.6) is 11.8 Å². The molecule has 0 unspecified atom stereocenters. The average molecular weight is 1130 g/mol. The van der Waals surface area contributed by atoms with Gasteiger partial charge in [0.1, 0.15) is 41.3 Å². The normalized spacial score (nSPS) is 22.5. The van der Waals surface area contributed by atoms with Crippen LogP contribution in [-0.2, 0) is 16.0 Å². The number of halogens is 1. The predicted molar refractivity (Wildman–Crippen MR) is 317 cm³/mol. The maximum atomic E-state index is 17.3. The van der Waals surface area contributed by atoms with Gasteiger partial charge in [0.2, 0.25) is 11.8 Å². The number of nitrogens with one attached hydrogen (secondary N) is 1. The molecule has 5 saturated heterocycles. The van der Waals surface area contributed by atoms with E-state index < -0.39 is 23.9 Å². The molecule has 9 heterocycles. The van der Waals surface area contributed by atoms with Crippen LogP contribution < -0.4 is 19.9 Å². The van der Waals surface area contributed by atoms with Crippen LogP contribution in [0, 0.1) is 18.7 Å². The molecule has 82 heavy (non-hydrogen) atoms. The molecular formula is C63H76FN11O6S. The molecule has 3 aromatic carbocycles. The number of hydrogen-bond donors (Lipinski definition) is 3. The minimum atomic E-state index is -0.827. The van der Waals surface area contributed by atoms with E-state index in [-0.39, 0.29) is 65.2 Å². The molecule has 0 radical (unpaired) electrons. The van der Waals surface area contributed by atoms with Crippen molar-refractivity contribution in [1.82, 2.24) is 45.1 Å².